The number of hydrogen-bond acceptors (Lipinski definition) is 4. The van der Waals surface area contributed by atoms with Gasteiger partial charge >= 0.3 is 10.2 Å². The first-order valence-electron chi connectivity index (χ1n) is 5.99. The quantitative estimate of drug-likeness (QED) is 0.324. The van der Waals surface area contributed by atoms with Gasteiger partial charge in [0.05, 0.1) is 5.69 Å². The fraction of sp³-hybridized carbons (Fsp3) is 0.364. The van der Waals surface area contributed by atoms with Crippen LogP contribution >= 0.6 is 15.9 Å². The van der Waals surface area contributed by atoms with E-state index < -0.39 is 10.2 Å². The lowest BCUT2D eigenvalue weighted by molar-refractivity contribution is 0.318. The number of nitrogens with zero attached hydrogens (tertiary/aromatic N) is 2. The fourth-order valence-corrected chi connectivity index (χ4v) is 3.88. The highest BCUT2D eigenvalue weighted by molar-refractivity contribution is 9.10. The lowest BCUT2D eigenvalue weighted by Gasteiger charge is -2.17. The summed E-state index contributed by atoms with van der Waals surface area (Å²) in [7, 11) is -3.53. The Bertz CT molecular complexity index is 627. The molecule has 20 heavy (non-hydrogen) atoms. The van der Waals surface area contributed by atoms with Gasteiger partial charge in [0.25, 0.3) is 0 Å². The van der Waals surface area contributed by atoms with E-state index in [1.807, 2.05) is 0 Å². The number of rotatable bonds is 4. The van der Waals surface area contributed by atoms with E-state index in [9.17, 15) is 8.42 Å². The van der Waals surface area contributed by atoms with Gasteiger partial charge in [0.1, 0.15) is 0 Å². The van der Waals surface area contributed by atoms with Crippen molar-refractivity contribution < 1.29 is 13.6 Å². The van der Waals surface area contributed by atoms with Crippen molar-refractivity contribution in [3.63, 3.8) is 0 Å². The summed E-state index contributed by atoms with van der Waals surface area (Å²) in [5.74, 6) is -0.0420. The van der Waals surface area contributed by atoms with Crippen molar-refractivity contribution in [2.45, 2.75) is 12.8 Å². The third-order valence-corrected chi connectivity index (χ3v) is 5.20. The minimum atomic E-state index is -3.53. The van der Waals surface area contributed by atoms with Crippen molar-refractivity contribution in [3.8, 4) is 0 Å². The van der Waals surface area contributed by atoms with Gasteiger partial charge in [0, 0.05) is 23.1 Å². The maximum atomic E-state index is 12.1. The smallest absolute Gasteiger partial charge is 0.301 e. The van der Waals surface area contributed by atoms with Crippen molar-refractivity contribution in [2.75, 3.05) is 17.8 Å². The van der Waals surface area contributed by atoms with Gasteiger partial charge < -0.3 is 10.9 Å². The summed E-state index contributed by atoms with van der Waals surface area (Å²) in [5, 5.41) is 11.5. The van der Waals surface area contributed by atoms with Crippen molar-refractivity contribution in [1.29, 1.82) is 0 Å². The van der Waals surface area contributed by atoms with E-state index in [-0.39, 0.29) is 5.84 Å². The molecule has 1 aromatic carbocycles. The molecule has 2 rings (SSSR count). The highest BCUT2D eigenvalue weighted by Gasteiger charge is 2.25. The molecule has 1 aliphatic heterocycles. The first-order valence-corrected chi connectivity index (χ1v) is 8.22. The minimum absolute atomic E-state index is 0.0420. The average Bonchev–Trinajstić information content (AvgIpc) is 2.95. The molecule has 0 unspecified atom stereocenters. The van der Waals surface area contributed by atoms with Gasteiger partial charge in [-0.2, -0.15) is 12.7 Å². The molecular weight excluding hydrogens is 348 g/mol. The van der Waals surface area contributed by atoms with Gasteiger partial charge in [0.15, 0.2) is 5.84 Å². The summed E-state index contributed by atoms with van der Waals surface area (Å²) in [4.78, 5) is 0. The Kier molecular flexibility index (Phi) is 4.51. The Balaban J connectivity index is 2.22. The van der Waals surface area contributed by atoms with Crippen LogP contribution in [0, 0.1) is 0 Å². The third-order valence-electron chi connectivity index (χ3n) is 3.02. The number of benzene rings is 1. The molecule has 1 aromatic rings. The van der Waals surface area contributed by atoms with Crippen molar-refractivity contribution in [3.05, 3.63) is 28.2 Å². The van der Waals surface area contributed by atoms with E-state index in [1.165, 1.54) is 4.31 Å². The molecule has 0 radical (unpaired) electrons. The van der Waals surface area contributed by atoms with E-state index in [1.54, 1.807) is 18.2 Å². The Morgan fingerprint density at radius 3 is 2.60 bits per heavy atom. The molecule has 1 aliphatic rings. The summed E-state index contributed by atoms with van der Waals surface area (Å²) in [5.41, 5.74) is 6.37. The second-order valence-corrected chi connectivity index (χ2v) is 6.92. The van der Waals surface area contributed by atoms with E-state index in [2.05, 4.69) is 25.8 Å². The molecule has 1 heterocycles. The molecule has 0 bridgehead atoms. The van der Waals surface area contributed by atoms with Crippen molar-refractivity contribution >= 4 is 37.7 Å². The molecule has 0 aromatic heterocycles. The van der Waals surface area contributed by atoms with Gasteiger partial charge in [-0.05, 0) is 47.0 Å². The standard InChI is InChI=1S/C11H15BrN4O3S/c12-9-7-8(11(13)14-17)3-4-10(9)15-20(18,19)16-5-1-2-6-16/h3-4,7,15,17H,1-2,5-6H2,(H2,13,14). The topological polar surface area (TPSA) is 108 Å². The summed E-state index contributed by atoms with van der Waals surface area (Å²) >= 11 is 3.27. The molecule has 4 N–H and O–H groups in total. The zero-order valence-corrected chi connectivity index (χ0v) is 13.0. The Morgan fingerprint density at radius 2 is 2.05 bits per heavy atom. The van der Waals surface area contributed by atoms with Crippen LogP contribution in [0.2, 0.25) is 0 Å². The van der Waals surface area contributed by atoms with E-state index in [0.717, 1.165) is 12.8 Å². The molecule has 0 spiro atoms. The maximum Gasteiger partial charge on any atom is 0.301 e. The SMILES string of the molecule is N/C(=N/O)c1ccc(NS(=O)(=O)N2CCCC2)c(Br)c1. The predicted octanol–water partition coefficient (Wildman–Crippen LogP) is 1.30. The summed E-state index contributed by atoms with van der Waals surface area (Å²) in [6.45, 7) is 1.07. The maximum absolute atomic E-state index is 12.1. The van der Waals surface area contributed by atoms with E-state index in [0.29, 0.717) is 28.8 Å². The van der Waals surface area contributed by atoms with Crippen LogP contribution in [0.4, 0.5) is 5.69 Å². The molecule has 7 nitrogen and oxygen atoms in total. The molecule has 0 atom stereocenters. The van der Waals surface area contributed by atoms with Gasteiger partial charge in [0.2, 0.25) is 0 Å². The predicted molar refractivity (Wildman–Crippen MR) is 80.0 cm³/mol. The van der Waals surface area contributed by atoms with Gasteiger partial charge in [-0.3, -0.25) is 4.72 Å². The molecule has 1 fully saturated rings. The molecule has 0 amide bonds. The number of hydrogen-bond donors (Lipinski definition) is 3. The van der Waals surface area contributed by atoms with Crippen molar-refractivity contribution in [2.24, 2.45) is 10.9 Å². The number of halogens is 1. The Hall–Kier alpha value is -1.32. The molecule has 9 heteroatoms. The Labute approximate surface area is 125 Å². The normalized spacial score (nSPS) is 17.4. The Morgan fingerprint density at radius 1 is 1.40 bits per heavy atom. The minimum Gasteiger partial charge on any atom is -0.409 e. The van der Waals surface area contributed by atoms with Crippen LogP contribution in [0.3, 0.4) is 0 Å². The van der Waals surface area contributed by atoms with Gasteiger partial charge in [-0.15, -0.1) is 0 Å². The third kappa shape index (κ3) is 3.22. The van der Waals surface area contributed by atoms with Crippen LogP contribution in [-0.2, 0) is 10.2 Å². The van der Waals surface area contributed by atoms with E-state index >= 15 is 0 Å². The van der Waals surface area contributed by atoms with Crippen LogP contribution in [0.5, 0.6) is 0 Å². The van der Waals surface area contributed by atoms with Crippen molar-refractivity contribution in [1.82, 2.24) is 4.31 Å². The largest absolute Gasteiger partial charge is 0.409 e. The average molecular weight is 363 g/mol. The molecule has 0 saturated carbocycles. The molecule has 0 aliphatic carbocycles. The highest BCUT2D eigenvalue weighted by Crippen LogP contribution is 2.26. The van der Waals surface area contributed by atoms with E-state index in [4.69, 9.17) is 10.9 Å². The summed E-state index contributed by atoms with van der Waals surface area (Å²) in [6, 6.07) is 4.71. The van der Waals surface area contributed by atoms with Crippen LogP contribution in [0.1, 0.15) is 18.4 Å². The van der Waals surface area contributed by atoms with Crippen LogP contribution in [0.25, 0.3) is 0 Å². The number of oxime groups is 1. The number of amidine groups is 1. The van der Waals surface area contributed by atoms with Gasteiger partial charge in [-0.25, -0.2) is 0 Å². The van der Waals surface area contributed by atoms with Crippen LogP contribution < -0.4 is 10.5 Å². The first-order chi connectivity index (χ1) is 9.44. The first kappa shape index (κ1) is 15.1. The zero-order chi connectivity index (χ0) is 14.8. The van der Waals surface area contributed by atoms with Gasteiger partial charge in [-0.1, -0.05) is 5.16 Å². The lowest BCUT2D eigenvalue weighted by atomic mass is 10.2. The monoisotopic (exact) mass is 362 g/mol. The van der Waals surface area contributed by atoms with Crippen LogP contribution in [0.15, 0.2) is 27.8 Å². The number of nitrogens with two attached hydrogens (primary N) is 1. The number of nitrogens with one attached hydrogen (secondary N) is 1. The lowest BCUT2D eigenvalue weighted by Crippen LogP contribution is -2.33. The summed E-state index contributed by atoms with van der Waals surface area (Å²) < 4.78 is 28.7. The summed E-state index contributed by atoms with van der Waals surface area (Å²) in [6.07, 6.45) is 1.76. The zero-order valence-electron chi connectivity index (χ0n) is 10.6. The second-order valence-electron chi connectivity index (χ2n) is 4.39. The van der Waals surface area contributed by atoms with Crippen LogP contribution in [-0.4, -0.2) is 36.9 Å². The second kappa shape index (κ2) is 5.98. The molecule has 110 valence electrons. The fourth-order valence-electron chi connectivity index (χ4n) is 1.95. The number of anilines is 1. The molecular formula is C11H15BrN4O3S. The molecule has 1 saturated heterocycles. The highest BCUT2D eigenvalue weighted by atomic mass is 79.9.